The first kappa shape index (κ1) is 31.7. The van der Waals surface area contributed by atoms with Crippen molar-refractivity contribution in [2.45, 2.75) is 0 Å². The van der Waals surface area contributed by atoms with Crippen molar-refractivity contribution in [3.05, 3.63) is 200 Å². The van der Waals surface area contributed by atoms with Gasteiger partial charge in [-0.2, -0.15) is 0 Å². The first-order valence-corrected chi connectivity index (χ1v) is 19.4. The van der Waals surface area contributed by atoms with Crippen LogP contribution in [0.25, 0.3) is 98.4 Å². The minimum atomic E-state index is 0.906. The molecule has 0 amide bonds. The van der Waals surface area contributed by atoms with Gasteiger partial charge in [-0.15, -0.1) is 0 Å². The Balaban J connectivity index is 0.976. The predicted molar refractivity (Wildman–Crippen MR) is 239 cm³/mol. The molecular weight excluding hydrogens is 695 g/mol. The minimum Gasteiger partial charge on any atom is -0.455 e. The molecule has 0 N–H and O–H groups in total. The third kappa shape index (κ3) is 4.92. The molecule has 12 rings (SSSR count). The summed E-state index contributed by atoms with van der Waals surface area (Å²) >= 11 is 0. The van der Waals surface area contributed by atoms with Crippen molar-refractivity contribution < 1.29 is 8.83 Å². The fourth-order valence-electron chi connectivity index (χ4n) is 9.00. The van der Waals surface area contributed by atoms with E-state index in [1.807, 2.05) is 0 Å². The highest BCUT2D eigenvalue weighted by molar-refractivity contribution is 6.22. The molecule has 12 aromatic rings. The molecule has 10 aromatic carbocycles. The molecule has 0 radical (unpaired) electrons. The second kappa shape index (κ2) is 12.5. The highest BCUT2D eigenvalue weighted by atomic mass is 16.3. The number of nitrogens with zero attached hydrogens (tertiary/aromatic N) is 1. The van der Waals surface area contributed by atoms with E-state index in [1.54, 1.807) is 0 Å². The lowest BCUT2D eigenvalue weighted by Crippen LogP contribution is -2.10. The quantitative estimate of drug-likeness (QED) is 0.177. The molecule has 3 nitrogen and oxygen atoms in total. The van der Waals surface area contributed by atoms with Crippen molar-refractivity contribution in [2.24, 2.45) is 0 Å². The maximum Gasteiger partial charge on any atom is 0.143 e. The summed E-state index contributed by atoms with van der Waals surface area (Å²) in [6, 6.07) is 71.4. The van der Waals surface area contributed by atoms with E-state index in [2.05, 4.69) is 205 Å². The van der Waals surface area contributed by atoms with Crippen LogP contribution in [0.4, 0.5) is 17.1 Å². The number of rotatable bonds is 5. The van der Waals surface area contributed by atoms with Crippen molar-refractivity contribution in [2.75, 3.05) is 4.90 Å². The predicted octanol–water partition coefficient (Wildman–Crippen LogP) is 15.7. The fraction of sp³-hybridized carbons (Fsp3) is 0. The molecule has 2 heterocycles. The van der Waals surface area contributed by atoms with E-state index in [-0.39, 0.29) is 0 Å². The molecule has 0 aliphatic carbocycles. The monoisotopic (exact) mass is 727 g/mol. The number of anilines is 3. The summed E-state index contributed by atoms with van der Waals surface area (Å²) in [5.41, 5.74) is 11.2. The Labute approximate surface area is 328 Å². The Bertz CT molecular complexity index is 3320. The van der Waals surface area contributed by atoms with Crippen LogP contribution >= 0.6 is 0 Å². The second-order valence-corrected chi connectivity index (χ2v) is 14.8. The Morgan fingerprint density at radius 2 is 0.702 bits per heavy atom. The summed E-state index contributed by atoms with van der Waals surface area (Å²) in [5.74, 6) is 0. The Kier molecular flexibility index (Phi) is 6.93. The lowest BCUT2D eigenvalue weighted by molar-refractivity contribution is 0.670. The Hall–Kier alpha value is -7.62. The van der Waals surface area contributed by atoms with Gasteiger partial charge in [0.1, 0.15) is 22.3 Å². The molecular formula is C54H33NO2. The van der Waals surface area contributed by atoms with Crippen LogP contribution in [0.2, 0.25) is 0 Å². The number of fused-ring (bicyclic) bond motifs is 11. The van der Waals surface area contributed by atoms with Gasteiger partial charge < -0.3 is 13.7 Å². The van der Waals surface area contributed by atoms with Gasteiger partial charge in [-0.05, 0) is 80.5 Å². The molecule has 57 heavy (non-hydrogen) atoms. The molecule has 3 heteroatoms. The maximum absolute atomic E-state index is 6.60. The molecule has 0 spiro atoms. The van der Waals surface area contributed by atoms with E-state index in [0.717, 1.165) is 83.2 Å². The van der Waals surface area contributed by atoms with Gasteiger partial charge in [0.2, 0.25) is 0 Å². The van der Waals surface area contributed by atoms with E-state index in [4.69, 9.17) is 8.83 Å². The Morgan fingerprint density at radius 1 is 0.298 bits per heavy atom. The van der Waals surface area contributed by atoms with Crippen LogP contribution in [0.15, 0.2) is 209 Å². The van der Waals surface area contributed by atoms with Crippen molar-refractivity contribution in [1.29, 1.82) is 0 Å². The zero-order valence-electron chi connectivity index (χ0n) is 30.8. The van der Waals surface area contributed by atoms with E-state index >= 15 is 0 Å². The number of para-hydroxylation sites is 2. The van der Waals surface area contributed by atoms with Crippen molar-refractivity contribution in [3.8, 4) is 22.3 Å². The van der Waals surface area contributed by atoms with Gasteiger partial charge in [-0.3, -0.25) is 0 Å². The molecule has 0 unspecified atom stereocenters. The van der Waals surface area contributed by atoms with Crippen LogP contribution in [0.3, 0.4) is 0 Å². The highest BCUT2D eigenvalue weighted by Crippen LogP contribution is 2.44. The minimum absolute atomic E-state index is 0.906. The van der Waals surface area contributed by atoms with Crippen molar-refractivity contribution in [3.63, 3.8) is 0 Å². The number of hydrogen-bond acceptors (Lipinski definition) is 3. The molecule has 266 valence electrons. The zero-order valence-corrected chi connectivity index (χ0v) is 30.8. The van der Waals surface area contributed by atoms with Gasteiger partial charge in [0.15, 0.2) is 0 Å². The lowest BCUT2D eigenvalue weighted by Gasteiger charge is -2.27. The van der Waals surface area contributed by atoms with Crippen molar-refractivity contribution >= 4 is 93.3 Å². The van der Waals surface area contributed by atoms with Gasteiger partial charge in [0.25, 0.3) is 0 Å². The van der Waals surface area contributed by atoms with Gasteiger partial charge in [0, 0.05) is 49.4 Å². The fourth-order valence-corrected chi connectivity index (χ4v) is 9.00. The Morgan fingerprint density at radius 3 is 1.21 bits per heavy atom. The van der Waals surface area contributed by atoms with Crippen LogP contribution in [0.1, 0.15) is 0 Å². The second-order valence-electron chi connectivity index (χ2n) is 14.8. The topological polar surface area (TPSA) is 29.5 Å². The van der Waals surface area contributed by atoms with Gasteiger partial charge in [0.05, 0.1) is 5.69 Å². The standard InChI is InChI=1S/C54H33NO2/c1-4-14-41-34(10-1)13-7-21-48(41)55(39-28-22-37(23-29-39)44-17-8-19-46-51-42-15-5-2-11-35(42)26-32-49(51)56-53(44)46)40-30-24-38(25-31-40)45-18-9-20-47-52-43-16-6-3-12-36(43)27-33-50(52)57-54(45)47/h1-33H. The molecule has 2 aromatic heterocycles. The largest absolute Gasteiger partial charge is 0.455 e. The number of furan rings is 2. The number of benzene rings is 10. The molecule has 0 aliphatic rings. The van der Waals surface area contributed by atoms with Crippen LogP contribution in [-0.2, 0) is 0 Å². The zero-order chi connectivity index (χ0) is 37.5. The molecule has 0 aliphatic heterocycles. The lowest BCUT2D eigenvalue weighted by atomic mass is 9.99. The third-order valence-corrected chi connectivity index (χ3v) is 11.7. The van der Waals surface area contributed by atoms with Gasteiger partial charge in [-0.25, -0.2) is 0 Å². The summed E-state index contributed by atoms with van der Waals surface area (Å²) in [5, 5.41) is 11.8. The summed E-state index contributed by atoms with van der Waals surface area (Å²) in [6.45, 7) is 0. The molecule has 0 saturated heterocycles. The molecule has 0 bridgehead atoms. The maximum atomic E-state index is 6.60. The van der Waals surface area contributed by atoms with Crippen LogP contribution < -0.4 is 4.90 Å². The smallest absolute Gasteiger partial charge is 0.143 e. The van der Waals surface area contributed by atoms with Crippen molar-refractivity contribution in [1.82, 2.24) is 0 Å². The van der Waals surface area contributed by atoms with E-state index in [1.165, 1.54) is 32.3 Å². The SMILES string of the molecule is c1ccc2c(N(c3ccc(-c4cccc5c4oc4ccc6ccccc6c45)cc3)c3ccc(-c4cccc5c4oc4ccc6ccccc6c45)cc3)cccc2c1. The van der Waals surface area contributed by atoms with Crippen LogP contribution in [0.5, 0.6) is 0 Å². The summed E-state index contributed by atoms with van der Waals surface area (Å²) in [7, 11) is 0. The van der Waals surface area contributed by atoms with Crippen LogP contribution in [0, 0.1) is 0 Å². The number of hydrogen-bond donors (Lipinski definition) is 0. The first-order chi connectivity index (χ1) is 28.3. The van der Waals surface area contributed by atoms with E-state index in [9.17, 15) is 0 Å². The molecule has 0 fully saturated rings. The average molecular weight is 728 g/mol. The summed E-state index contributed by atoms with van der Waals surface area (Å²) in [4.78, 5) is 2.36. The summed E-state index contributed by atoms with van der Waals surface area (Å²) in [6.07, 6.45) is 0. The van der Waals surface area contributed by atoms with Gasteiger partial charge in [-0.1, -0.05) is 158 Å². The van der Waals surface area contributed by atoms with E-state index < -0.39 is 0 Å². The normalized spacial score (nSPS) is 11.9. The third-order valence-electron chi connectivity index (χ3n) is 11.7. The molecule has 0 atom stereocenters. The average Bonchev–Trinajstić information content (AvgIpc) is 3.87. The van der Waals surface area contributed by atoms with Crippen LogP contribution in [-0.4, -0.2) is 0 Å². The molecule has 0 saturated carbocycles. The first-order valence-electron chi connectivity index (χ1n) is 19.4. The summed E-state index contributed by atoms with van der Waals surface area (Å²) < 4.78 is 13.2. The highest BCUT2D eigenvalue weighted by Gasteiger charge is 2.19. The van der Waals surface area contributed by atoms with Gasteiger partial charge >= 0.3 is 0 Å². The van der Waals surface area contributed by atoms with E-state index in [0.29, 0.717) is 0 Å².